The zero-order valence-corrected chi connectivity index (χ0v) is 40.4. The van der Waals surface area contributed by atoms with Crippen LogP contribution in [0.4, 0.5) is 0 Å². The summed E-state index contributed by atoms with van der Waals surface area (Å²) in [5.74, 6) is 0.820. The molecule has 2 saturated carbocycles. The van der Waals surface area contributed by atoms with E-state index in [9.17, 15) is 0 Å². The summed E-state index contributed by atoms with van der Waals surface area (Å²) in [7, 11) is 0. The fourth-order valence-electron chi connectivity index (χ4n) is 13.9. The van der Waals surface area contributed by atoms with Crippen molar-refractivity contribution >= 4 is 3.26 Å². The van der Waals surface area contributed by atoms with Crippen LogP contribution < -0.4 is 24.8 Å². The molecule has 10 unspecified atom stereocenters. The maximum Gasteiger partial charge on any atom is -1.00 e. The molecular weight excluding hydrogens is 874 g/mol. The molecule has 0 N–H and O–H groups in total. The summed E-state index contributed by atoms with van der Waals surface area (Å²) in [6.07, 6.45) is 33.3. The van der Waals surface area contributed by atoms with Gasteiger partial charge in [-0.3, -0.25) is 0 Å². The average Bonchev–Trinajstić information content (AvgIpc) is 3.60. The Morgan fingerprint density at radius 1 is 0.636 bits per heavy atom. The number of allylic oxidation sites excluding steroid dienone is 16. The Morgan fingerprint density at radius 2 is 1.11 bits per heavy atom. The van der Waals surface area contributed by atoms with E-state index >= 15 is 0 Å². The maximum atomic E-state index is 2.83. The van der Waals surface area contributed by atoms with Crippen LogP contribution in [-0.2, 0) is 21.0 Å². The predicted molar refractivity (Wildman–Crippen MR) is 224 cm³/mol. The molecule has 55 heavy (non-hydrogen) atoms. The van der Waals surface area contributed by atoms with Crippen molar-refractivity contribution < 1.29 is 45.8 Å². The standard InChI is InChI=1S/C29H37.C13H10.C10H15.2ClH.Hf/c1-21-14-13-15-22-20-27(6)25(4)18-10-9-16-23(25,2)24(3)17-11-12-19-26(24,5)29(27,8)28(21,22)7;1-3-7-12(8-4-1)11-13-9-5-2-6-10-13;1-8-5-6-9(7-8)10(2,3)4;;;/h9-20,22H,1-8H3;1-10H;6-8H,1-4H3;2*1H;/q;;;;;+2/p-2. The van der Waals surface area contributed by atoms with Gasteiger partial charge in [0.15, 0.2) is 0 Å². The van der Waals surface area contributed by atoms with Crippen molar-refractivity contribution in [3.05, 3.63) is 165 Å². The Morgan fingerprint density at radius 3 is 1.60 bits per heavy atom. The minimum atomic E-state index is -3.37. The molecule has 2 aromatic carbocycles. The fourth-order valence-corrected chi connectivity index (χ4v) is 31.0. The van der Waals surface area contributed by atoms with Crippen LogP contribution in [0, 0.1) is 55.2 Å². The summed E-state index contributed by atoms with van der Waals surface area (Å²) < 4.78 is 3.97. The first-order valence-corrected chi connectivity index (χ1v) is 25.9. The van der Waals surface area contributed by atoms with Gasteiger partial charge in [0.05, 0.1) is 0 Å². The molecule has 0 saturated heterocycles. The summed E-state index contributed by atoms with van der Waals surface area (Å²) in [4.78, 5) is 0. The molecule has 0 radical (unpaired) electrons. The van der Waals surface area contributed by atoms with Gasteiger partial charge in [0.25, 0.3) is 0 Å². The Hall–Kier alpha value is -2.32. The number of fused-ring (bicyclic) bond motifs is 8. The molecule has 0 heterocycles. The SMILES string of the molecule is CC1=CC=CC2[CH]([Hf+2]([C]3=CC(C(C)(C)C)=CC3C)=[C](c3ccccc3)c3ccccc3)C3(C)C4(C)C=CC=CC4(C)C4(C)C=CC=CC4(C)C3(C)C12C.[Cl-].[Cl-]. The summed E-state index contributed by atoms with van der Waals surface area (Å²) in [6, 6.07) is 23.3. The van der Waals surface area contributed by atoms with Crippen molar-refractivity contribution in [2.24, 2.45) is 55.2 Å². The van der Waals surface area contributed by atoms with E-state index in [1.807, 2.05) is 0 Å². The van der Waals surface area contributed by atoms with E-state index in [0.29, 0.717) is 15.5 Å². The molecule has 0 nitrogen and oxygen atoms in total. The normalized spacial score (nSPS) is 40.2. The van der Waals surface area contributed by atoms with Gasteiger partial charge in [0.2, 0.25) is 0 Å². The molecular formula is C52H62Cl2Hf. The van der Waals surface area contributed by atoms with Crippen molar-refractivity contribution in [1.82, 2.24) is 0 Å². The van der Waals surface area contributed by atoms with E-state index in [2.05, 4.69) is 223 Å². The van der Waals surface area contributed by atoms with Gasteiger partial charge in [-0.05, 0) is 0 Å². The zero-order chi connectivity index (χ0) is 38.0. The Bertz CT molecular complexity index is 2110. The monoisotopic (exact) mass is 936 g/mol. The van der Waals surface area contributed by atoms with Crippen LogP contribution in [0.15, 0.2) is 154 Å². The van der Waals surface area contributed by atoms with Crippen LogP contribution in [0.3, 0.4) is 0 Å². The molecule has 6 aliphatic carbocycles. The zero-order valence-electron chi connectivity index (χ0n) is 35.3. The molecule has 0 amide bonds. The van der Waals surface area contributed by atoms with E-state index in [-0.39, 0.29) is 68.1 Å². The van der Waals surface area contributed by atoms with Gasteiger partial charge in [-0.25, -0.2) is 0 Å². The van der Waals surface area contributed by atoms with Crippen LogP contribution >= 0.6 is 0 Å². The van der Waals surface area contributed by atoms with Gasteiger partial charge in [-0.2, -0.15) is 0 Å². The molecule has 0 aromatic heterocycles. The maximum absolute atomic E-state index is 3.37. The topological polar surface area (TPSA) is 0 Å². The molecule has 0 aliphatic heterocycles. The number of rotatable bonds is 4. The van der Waals surface area contributed by atoms with Crippen LogP contribution in [0.2, 0.25) is 3.67 Å². The molecule has 8 rings (SSSR count). The fraction of sp³-hybridized carbons (Fsp3) is 0.442. The predicted octanol–water partition coefficient (Wildman–Crippen LogP) is 7.63. The van der Waals surface area contributed by atoms with E-state index in [1.54, 1.807) is 12.2 Å². The number of benzene rings is 2. The van der Waals surface area contributed by atoms with Gasteiger partial charge in [0.1, 0.15) is 0 Å². The van der Waals surface area contributed by atoms with E-state index in [1.165, 1.54) is 16.7 Å². The van der Waals surface area contributed by atoms with Crippen molar-refractivity contribution in [1.29, 1.82) is 0 Å². The second kappa shape index (κ2) is 13.6. The van der Waals surface area contributed by atoms with E-state index in [4.69, 9.17) is 0 Å². The summed E-state index contributed by atoms with van der Waals surface area (Å²) in [5, 5.41) is 0. The van der Waals surface area contributed by atoms with Gasteiger partial charge >= 0.3 is 331 Å². The molecule has 288 valence electrons. The molecule has 10 atom stereocenters. The quantitative estimate of drug-likeness (QED) is 0.277. The van der Waals surface area contributed by atoms with Crippen LogP contribution in [0.25, 0.3) is 0 Å². The third kappa shape index (κ3) is 4.94. The average molecular weight is 936 g/mol. The summed E-state index contributed by atoms with van der Waals surface area (Å²) in [6.45, 7) is 31.2. The van der Waals surface area contributed by atoms with Gasteiger partial charge < -0.3 is 24.8 Å². The first-order chi connectivity index (χ1) is 24.9. The molecule has 3 heteroatoms. The molecule has 0 bridgehead atoms. The number of hydrogen-bond acceptors (Lipinski definition) is 0. The third-order valence-electron chi connectivity index (χ3n) is 17.6. The first-order valence-electron chi connectivity index (χ1n) is 20.3. The minimum Gasteiger partial charge on any atom is -1.00 e. The molecule has 2 aromatic rings. The van der Waals surface area contributed by atoms with Crippen molar-refractivity contribution in [3.63, 3.8) is 0 Å². The van der Waals surface area contributed by atoms with Gasteiger partial charge in [0, 0.05) is 0 Å². The third-order valence-corrected chi connectivity index (χ3v) is 31.6. The van der Waals surface area contributed by atoms with Gasteiger partial charge in [-0.15, -0.1) is 0 Å². The largest absolute Gasteiger partial charge is 1.00 e. The smallest absolute Gasteiger partial charge is 1.00 e. The summed E-state index contributed by atoms with van der Waals surface area (Å²) >= 11 is -3.37. The first kappa shape index (κ1) is 42.3. The number of hydrogen-bond donors (Lipinski definition) is 0. The van der Waals surface area contributed by atoms with Crippen LogP contribution in [-0.4, -0.2) is 3.26 Å². The van der Waals surface area contributed by atoms with Crippen LogP contribution in [0.5, 0.6) is 0 Å². The minimum absolute atomic E-state index is 0. The second-order valence-electron chi connectivity index (χ2n) is 19.8. The van der Waals surface area contributed by atoms with Crippen molar-refractivity contribution in [2.75, 3.05) is 0 Å². The van der Waals surface area contributed by atoms with Crippen molar-refractivity contribution in [2.45, 2.75) is 86.8 Å². The number of halogens is 2. The Labute approximate surface area is 353 Å². The molecule has 2 fully saturated rings. The Kier molecular flexibility index (Phi) is 10.5. The van der Waals surface area contributed by atoms with E-state index < -0.39 is 21.0 Å². The molecule has 0 spiro atoms. The van der Waals surface area contributed by atoms with Crippen molar-refractivity contribution in [3.8, 4) is 0 Å². The van der Waals surface area contributed by atoms with Gasteiger partial charge in [-0.1, -0.05) is 0 Å². The second-order valence-corrected chi connectivity index (χ2v) is 28.9. The molecule has 6 aliphatic rings. The Balaban J connectivity index is 0.00000257. The summed E-state index contributed by atoms with van der Waals surface area (Å²) in [5.41, 5.74) is 5.28. The van der Waals surface area contributed by atoms with Crippen LogP contribution in [0.1, 0.15) is 94.2 Å². The van der Waals surface area contributed by atoms with E-state index in [0.717, 1.165) is 0 Å².